The molecule has 7 heteroatoms. The molecule has 130 valence electrons. The van der Waals surface area contributed by atoms with E-state index in [1.54, 1.807) is 0 Å². The minimum absolute atomic E-state index is 0.200. The van der Waals surface area contributed by atoms with Crippen LogP contribution in [-0.4, -0.2) is 32.6 Å². The number of aromatic nitrogens is 4. The van der Waals surface area contributed by atoms with Crippen LogP contribution in [0.1, 0.15) is 35.3 Å². The molecular formula is C18H20FN5O. The molecule has 0 aliphatic carbocycles. The minimum atomic E-state index is -0.857. The fourth-order valence-corrected chi connectivity index (χ4v) is 3.19. The summed E-state index contributed by atoms with van der Waals surface area (Å²) in [5, 5.41) is 11.6. The lowest BCUT2D eigenvalue weighted by molar-refractivity contribution is 0.324. The van der Waals surface area contributed by atoms with Crippen molar-refractivity contribution in [3.8, 4) is 11.4 Å². The van der Waals surface area contributed by atoms with E-state index in [-0.39, 0.29) is 6.04 Å². The summed E-state index contributed by atoms with van der Waals surface area (Å²) in [5.74, 6) is 0.966. The highest BCUT2D eigenvalue weighted by molar-refractivity contribution is 5.55. The Kier molecular flexibility index (Phi) is 4.09. The van der Waals surface area contributed by atoms with E-state index in [9.17, 15) is 4.39 Å². The molecular weight excluding hydrogens is 321 g/mol. The minimum Gasteiger partial charge on any atom is -0.337 e. The number of aryl methyl sites for hydroxylation is 2. The molecule has 1 N–H and O–H groups in total. The van der Waals surface area contributed by atoms with Gasteiger partial charge in [-0.15, -0.1) is 0 Å². The number of nitrogens with zero attached hydrogens (tertiary/aromatic N) is 4. The van der Waals surface area contributed by atoms with Crippen molar-refractivity contribution in [2.45, 2.75) is 39.0 Å². The molecule has 1 aliphatic heterocycles. The summed E-state index contributed by atoms with van der Waals surface area (Å²) in [5.41, 5.74) is 4.12. The topological polar surface area (TPSA) is 68.8 Å². The number of alkyl halides is 1. The molecule has 0 spiro atoms. The summed E-state index contributed by atoms with van der Waals surface area (Å²) in [6, 6.07) is 9.85. The van der Waals surface area contributed by atoms with Crippen LogP contribution >= 0.6 is 0 Å². The van der Waals surface area contributed by atoms with Gasteiger partial charge in [0, 0.05) is 24.2 Å². The van der Waals surface area contributed by atoms with Gasteiger partial charge < -0.3 is 9.84 Å². The van der Waals surface area contributed by atoms with Crippen molar-refractivity contribution in [2.75, 3.05) is 6.54 Å². The Morgan fingerprint density at radius 2 is 2.20 bits per heavy atom. The maximum atomic E-state index is 13.3. The molecule has 2 aromatic heterocycles. The van der Waals surface area contributed by atoms with Gasteiger partial charge in [-0.3, -0.25) is 4.68 Å². The molecule has 4 rings (SSSR count). The molecule has 0 bridgehead atoms. The van der Waals surface area contributed by atoms with Gasteiger partial charge in [-0.05, 0) is 31.5 Å². The Bertz CT molecular complexity index is 887. The van der Waals surface area contributed by atoms with E-state index in [4.69, 9.17) is 4.52 Å². The van der Waals surface area contributed by atoms with Crippen LogP contribution in [0, 0.1) is 13.8 Å². The van der Waals surface area contributed by atoms with Crippen LogP contribution in [0.3, 0.4) is 0 Å². The molecule has 3 heterocycles. The molecule has 1 aliphatic rings. The number of hydrogen-bond acceptors (Lipinski definition) is 5. The number of hydrogen-bond donors (Lipinski definition) is 1. The second-order valence-corrected chi connectivity index (χ2v) is 6.54. The Hall–Kier alpha value is -2.54. The van der Waals surface area contributed by atoms with Crippen molar-refractivity contribution in [1.82, 2.24) is 25.2 Å². The van der Waals surface area contributed by atoms with Gasteiger partial charge in [-0.25, -0.2) is 4.39 Å². The Balaban J connectivity index is 1.55. The highest BCUT2D eigenvalue weighted by atomic mass is 19.1. The fraction of sp³-hybridized carbons (Fsp3) is 0.389. The maximum Gasteiger partial charge on any atom is 0.244 e. The van der Waals surface area contributed by atoms with Crippen molar-refractivity contribution in [3.05, 3.63) is 53.2 Å². The molecule has 25 heavy (non-hydrogen) atoms. The van der Waals surface area contributed by atoms with Crippen molar-refractivity contribution in [2.24, 2.45) is 0 Å². The van der Waals surface area contributed by atoms with E-state index >= 15 is 0 Å². The molecule has 1 fully saturated rings. The summed E-state index contributed by atoms with van der Waals surface area (Å²) in [6.07, 6.45) is -0.482. The van der Waals surface area contributed by atoms with Gasteiger partial charge in [-0.2, -0.15) is 10.1 Å². The molecule has 1 saturated heterocycles. The first-order chi connectivity index (χ1) is 12.1. The zero-order valence-corrected chi connectivity index (χ0v) is 14.2. The summed E-state index contributed by atoms with van der Waals surface area (Å²) >= 11 is 0. The SMILES string of the molecule is Cc1cc(C)n(Cc2cccc(-c3noc([C@H]4C[C@H](F)CN4)n3)c2)n1. The van der Waals surface area contributed by atoms with Crippen LogP contribution in [0.2, 0.25) is 0 Å². The summed E-state index contributed by atoms with van der Waals surface area (Å²) < 4.78 is 20.6. The normalized spacial score (nSPS) is 20.3. The molecule has 1 aromatic carbocycles. The van der Waals surface area contributed by atoms with Crippen molar-refractivity contribution >= 4 is 0 Å². The maximum absolute atomic E-state index is 13.3. The third kappa shape index (κ3) is 3.32. The Morgan fingerprint density at radius 3 is 2.92 bits per heavy atom. The Labute approximate surface area is 145 Å². The second-order valence-electron chi connectivity index (χ2n) is 6.54. The molecule has 3 aromatic rings. The highest BCUT2D eigenvalue weighted by Crippen LogP contribution is 2.26. The molecule has 6 nitrogen and oxygen atoms in total. The molecule has 2 atom stereocenters. The van der Waals surface area contributed by atoms with E-state index in [1.165, 1.54) is 0 Å². The molecule has 0 radical (unpaired) electrons. The van der Waals surface area contributed by atoms with Gasteiger partial charge in [0.15, 0.2) is 0 Å². The second kappa shape index (κ2) is 6.40. The van der Waals surface area contributed by atoms with Crippen LogP contribution in [-0.2, 0) is 6.54 Å². The standard InChI is InChI=1S/C18H20FN5O/c1-11-6-12(2)24(22-11)10-13-4-3-5-14(7-13)17-21-18(25-23-17)16-8-15(19)9-20-16/h3-7,15-16,20H,8-10H2,1-2H3/t15-,16+/m0/s1. The molecule has 0 saturated carbocycles. The van der Waals surface area contributed by atoms with Crippen LogP contribution in [0.4, 0.5) is 4.39 Å². The van der Waals surface area contributed by atoms with E-state index in [0.29, 0.717) is 31.2 Å². The van der Waals surface area contributed by atoms with Crippen LogP contribution < -0.4 is 5.32 Å². The Morgan fingerprint density at radius 1 is 1.32 bits per heavy atom. The van der Waals surface area contributed by atoms with Gasteiger partial charge in [0.05, 0.1) is 18.3 Å². The van der Waals surface area contributed by atoms with Gasteiger partial charge in [-0.1, -0.05) is 23.4 Å². The quantitative estimate of drug-likeness (QED) is 0.790. The summed E-state index contributed by atoms with van der Waals surface area (Å²) in [7, 11) is 0. The monoisotopic (exact) mass is 341 g/mol. The van der Waals surface area contributed by atoms with Gasteiger partial charge in [0.2, 0.25) is 11.7 Å². The van der Waals surface area contributed by atoms with Gasteiger partial charge in [0.1, 0.15) is 6.17 Å². The van der Waals surface area contributed by atoms with Crippen LogP contribution in [0.25, 0.3) is 11.4 Å². The van der Waals surface area contributed by atoms with Crippen LogP contribution in [0.5, 0.6) is 0 Å². The average Bonchev–Trinajstić information content (AvgIpc) is 3.29. The zero-order chi connectivity index (χ0) is 17.4. The lowest BCUT2D eigenvalue weighted by atomic mass is 10.1. The van der Waals surface area contributed by atoms with Crippen molar-refractivity contribution in [1.29, 1.82) is 0 Å². The lowest BCUT2D eigenvalue weighted by Crippen LogP contribution is -2.14. The molecule has 0 unspecified atom stereocenters. The lowest BCUT2D eigenvalue weighted by Gasteiger charge is -2.06. The zero-order valence-electron chi connectivity index (χ0n) is 14.2. The predicted octanol–water partition coefficient (Wildman–Crippen LogP) is 2.97. The third-order valence-electron chi connectivity index (χ3n) is 4.44. The van der Waals surface area contributed by atoms with Crippen molar-refractivity contribution < 1.29 is 8.91 Å². The smallest absolute Gasteiger partial charge is 0.244 e. The largest absolute Gasteiger partial charge is 0.337 e. The third-order valence-corrected chi connectivity index (χ3v) is 4.44. The summed E-state index contributed by atoms with van der Waals surface area (Å²) in [6.45, 7) is 5.05. The summed E-state index contributed by atoms with van der Waals surface area (Å²) in [4.78, 5) is 4.44. The highest BCUT2D eigenvalue weighted by Gasteiger charge is 2.29. The van der Waals surface area contributed by atoms with E-state index in [1.807, 2.05) is 42.8 Å². The van der Waals surface area contributed by atoms with E-state index < -0.39 is 6.17 Å². The number of rotatable bonds is 4. The fourth-order valence-electron chi connectivity index (χ4n) is 3.19. The van der Waals surface area contributed by atoms with Gasteiger partial charge in [0.25, 0.3) is 0 Å². The van der Waals surface area contributed by atoms with E-state index in [2.05, 4.69) is 26.6 Å². The number of benzene rings is 1. The molecule has 0 amide bonds. The first kappa shape index (κ1) is 16.0. The average molecular weight is 341 g/mol. The van der Waals surface area contributed by atoms with Gasteiger partial charge >= 0.3 is 0 Å². The van der Waals surface area contributed by atoms with Crippen molar-refractivity contribution in [3.63, 3.8) is 0 Å². The van der Waals surface area contributed by atoms with Crippen LogP contribution in [0.15, 0.2) is 34.9 Å². The first-order valence-electron chi connectivity index (χ1n) is 8.40. The number of halogens is 1. The predicted molar refractivity (Wildman–Crippen MR) is 90.8 cm³/mol. The first-order valence-corrected chi connectivity index (χ1v) is 8.40. The van der Waals surface area contributed by atoms with E-state index in [0.717, 1.165) is 22.5 Å². The number of nitrogens with one attached hydrogen (secondary N) is 1.